The number of nitrogens with zero attached hydrogens (tertiary/aromatic N) is 2. The molecule has 3 aromatic rings. The number of pyridine rings is 1. The number of carbonyl (C=O) groups is 1. The molecular weight excluding hydrogens is 283 g/mol. The zero-order valence-corrected chi connectivity index (χ0v) is 12.3. The lowest BCUT2D eigenvalue weighted by Gasteiger charge is -2.16. The van der Waals surface area contributed by atoms with Crippen LogP contribution in [0.25, 0.3) is 11.0 Å². The smallest absolute Gasteiger partial charge is 0.289 e. The van der Waals surface area contributed by atoms with Gasteiger partial charge in [0, 0.05) is 36.9 Å². The number of benzene rings is 1. The minimum atomic E-state index is -0.462. The number of para-hydroxylation sites is 1. The first-order valence-corrected chi connectivity index (χ1v) is 6.90. The van der Waals surface area contributed by atoms with Gasteiger partial charge in [0.25, 0.3) is 5.91 Å². The van der Waals surface area contributed by atoms with Gasteiger partial charge in [-0.05, 0) is 30.7 Å². The van der Waals surface area contributed by atoms with Gasteiger partial charge in [-0.25, -0.2) is 4.39 Å². The molecule has 3 rings (SSSR count). The first kappa shape index (κ1) is 14.3. The summed E-state index contributed by atoms with van der Waals surface area (Å²) in [4.78, 5) is 18.0. The van der Waals surface area contributed by atoms with Crippen LogP contribution in [0.4, 0.5) is 4.39 Å². The molecule has 0 fully saturated rings. The molecule has 1 aromatic carbocycles. The van der Waals surface area contributed by atoms with Crippen molar-refractivity contribution in [2.24, 2.45) is 0 Å². The Hall–Kier alpha value is -2.69. The number of hydrogen-bond acceptors (Lipinski definition) is 3. The second-order valence-corrected chi connectivity index (χ2v) is 5.19. The third-order valence-corrected chi connectivity index (χ3v) is 3.63. The molecule has 22 heavy (non-hydrogen) atoms. The Morgan fingerprint density at radius 2 is 2.00 bits per heavy atom. The maximum absolute atomic E-state index is 13.8. The van der Waals surface area contributed by atoms with Gasteiger partial charge < -0.3 is 9.32 Å². The molecule has 0 N–H and O–H groups in total. The number of amides is 1. The van der Waals surface area contributed by atoms with Crippen molar-refractivity contribution in [2.45, 2.75) is 13.5 Å². The van der Waals surface area contributed by atoms with Gasteiger partial charge in [0.15, 0.2) is 17.2 Å². The Morgan fingerprint density at radius 1 is 1.27 bits per heavy atom. The molecule has 0 aliphatic heterocycles. The van der Waals surface area contributed by atoms with E-state index in [2.05, 4.69) is 4.98 Å². The summed E-state index contributed by atoms with van der Waals surface area (Å²) in [5.41, 5.74) is 1.74. The number of furan rings is 1. The second-order valence-electron chi connectivity index (χ2n) is 5.19. The normalized spacial score (nSPS) is 10.9. The van der Waals surface area contributed by atoms with Gasteiger partial charge >= 0.3 is 0 Å². The Morgan fingerprint density at radius 3 is 2.68 bits per heavy atom. The van der Waals surface area contributed by atoms with Crippen molar-refractivity contribution >= 4 is 16.9 Å². The molecular formula is C17H15FN2O2. The molecule has 0 atom stereocenters. The van der Waals surface area contributed by atoms with Crippen molar-refractivity contribution in [1.82, 2.24) is 9.88 Å². The predicted molar refractivity (Wildman–Crippen MR) is 80.9 cm³/mol. The highest BCUT2D eigenvalue weighted by Crippen LogP contribution is 2.28. The number of aryl methyl sites for hydroxylation is 1. The molecule has 0 aliphatic rings. The summed E-state index contributed by atoms with van der Waals surface area (Å²) in [5.74, 6) is -0.557. The minimum Gasteiger partial charge on any atom is -0.448 e. The fraction of sp³-hybridized carbons (Fsp3) is 0.176. The zero-order valence-electron chi connectivity index (χ0n) is 12.3. The summed E-state index contributed by atoms with van der Waals surface area (Å²) in [6, 6.07) is 8.36. The highest BCUT2D eigenvalue weighted by Gasteiger charge is 2.22. The van der Waals surface area contributed by atoms with Crippen molar-refractivity contribution in [3.05, 3.63) is 65.4 Å². The molecule has 112 valence electrons. The lowest BCUT2D eigenvalue weighted by atomic mass is 10.1. The molecule has 2 aromatic heterocycles. The van der Waals surface area contributed by atoms with Crippen molar-refractivity contribution < 1.29 is 13.6 Å². The average molecular weight is 298 g/mol. The van der Waals surface area contributed by atoms with E-state index in [0.29, 0.717) is 17.5 Å². The highest BCUT2D eigenvalue weighted by molar-refractivity contribution is 5.98. The predicted octanol–water partition coefficient (Wildman–Crippen LogP) is 3.55. The molecule has 4 nitrogen and oxygen atoms in total. The van der Waals surface area contributed by atoms with Crippen LogP contribution in [0.5, 0.6) is 0 Å². The van der Waals surface area contributed by atoms with Crippen molar-refractivity contribution in [2.75, 3.05) is 7.05 Å². The maximum Gasteiger partial charge on any atom is 0.289 e. The van der Waals surface area contributed by atoms with Gasteiger partial charge in [-0.15, -0.1) is 0 Å². The first-order chi connectivity index (χ1) is 10.6. The number of fused-ring (bicyclic) bond motifs is 1. The van der Waals surface area contributed by atoms with Crippen LogP contribution < -0.4 is 0 Å². The lowest BCUT2D eigenvalue weighted by Crippen LogP contribution is -2.26. The zero-order chi connectivity index (χ0) is 15.7. The van der Waals surface area contributed by atoms with Gasteiger partial charge in [-0.2, -0.15) is 0 Å². The number of rotatable bonds is 3. The van der Waals surface area contributed by atoms with E-state index in [-0.39, 0.29) is 17.3 Å². The summed E-state index contributed by atoms with van der Waals surface area (Å²) < 4.78 is 19.2. The van der Waals surface area contributed by atoms with E-state index in [1.807, 2.05) is 12.1 Å². The maximum atomic E-state index is 13.8. The molecule has 0 spiro atoms. The van der Waals surface area contributed by atoms with Crippen LogP contribution in [0.2, 0.25) is 0 Å². The topological polar surface area (TPSA) is 46.3 Å². The summed E-state index contributed by atoms with van der Waals surface area (Å²) in [5, 5.41) is 0.626. The Kier molecular flexibility index (Phi) is 3.63. The van der Waals surface area contributed by atoms with Crippen molar-refractivity contribution in [3.63, 3.8) is 0 Å². The first-order valence-electron chi connectivity index (χ1n) is 6.90. The van der Waals surface area contributed by atoms with E-state index in [0.717, 1.165) is 5.56 Å². The van der Waals surface area contributed by atoms with Crippen LogP contribution >= 0.6 is 0 Å². The molecule has 0 radical (unpaired) electrons. The second kappa shape index (κ2) is 5.60. The van der Waals surface area contributed by atoms with Gasteiger partial charge in [-0.3, -0.25) is 9.78 Å². The quantitative estimate of drug-likeness (QED) is 0.743. The Labute approximate surface area is 127 Å². The van der Waals surface area contributed by atoms with Gasteiger partial charge in [0.2, 0.25) is 0 Å². The molecule has 0 unspecified atom stereocenters. The van der Waals surface area contributed by atoms with E-state index < -0.39 is 5.82 Å². The van der Waals surface area contributed by atoms with Crippen molar-refractivity contribution in [1.29, 1.82) is 0 Å². The molecule has 0 saturated heterocycles. The molecule has 2 heterocycles. The monoisotopic (exact) mass is 298 g/mol. The third kappa shape index (κ3) is 2.45. The summed E-state index contributed by atoms with van der Waals surface area (Å²) in [7, 11) is 1.69. The SMILES string of the molecule is Cc1c(C(=O)N(C)Cc2ccncc2)oc2c(F)cccc12. The molecule has 0 aliphatic carbocycles. The average Bonchev–Trinajstić information content (AvgIpc) is 2.86. The van der Waals surface area contributed by atoms with Crippen LogP contribution in [0.1, 0.15) is 21.7 Å². The Balaban J connectivity index is 1.92. The standard InChI is InChI=1S/C17H15FN2O2/c1-11-13-4-3-5-14(18)16(13)22-15(11)17(21)20(2)10-12-6-8-19-9-7-12/h3-9H,10H2,1-2H3. The van der Waals surface area contributed by atoms with E-state index in [4.69, 9.17) is 4.42 Å². The van der Waals surface area contributed by atoms with Gasteiger partial charge in [0.05, 0.1) is 0 Å². The van der Waals surface area contributed by atoms with Crippen LogP contribution in [-0.4, -0.2) is 22.8 Å². The molecule has 1 amide bonds. The van der Waals surface area contributed by atoms with Crippen LogP contribution in [-0.2, 0) is 6.54 Å². The fourth-order valence-corrected chi connectivity index (χ4v) is 2.42. The van der Waals surface area contributed by atoms with E-state index in [1.54, 1.807) is 38.5 Å². The fourth-order valence-electron chi connectivity index (χ4n) is 2.42. The summed E-state index contributed by atoms with van der Waals surface area (Å²) >= 11 is 0. The number of carbonyl (C=O) groups excluding carboxylic acids is 1. The molecule has 0 bridgehead atoms. The largest absolute Gasteiger partial charge is 0.448 e. The summed E-state index contributed by atoms with van der Waals surface area (Å²) in [6.45, 7) is 2.19. The van der Waals surface area contributed by atoms with Crippen LogP contribution in [0, 0.1) is 12.7 Å². The van der Waals surface area contributed by atoms with Gasteiger partial charge in [-0.1, -0.05) is 12.1 Å². The highest BCUT2D eigenvalue weighted by atomic mass is 19.1. The third-order valence-electron chi connectivity index (χ3n) is 3.63. The Bertz CT molecular complexity index is 827. The van der Waals surface area contributed by atoms with Crippen LogP contribution in [0.3, 0.4) is 0 Å². The number of hydrogen-bond donors (Lipinski definition) is 0. The van der Waals surface area contributed by atoms with E-state index >= 15 is 0 Å². The number of halogens is 1. The van der Waals surface area contributed by atoms with E-state index in [1.165, 1.54) is 11.0 Å². The van der Waals surface area contributed by atoms with Crippen molar-refractivity contribution in [3.8, 4) is 0 Å². The van der Waals surface area contributed by atoms with Crippen LogP contribution in [0.15, 0.2) is 47.1 Å². The molecule has 5 heteroatoms. The van der Waals surface area contributed by atoms with E-state index in [9.17, 15) is 9.18 Å². The number of aromatic nitrogens is 1. The summed E-state index contributed by atoms with van der Waals surface area (Å²) in [6.07, 6.45) is 3.35. The lowest BCUT2D eigenvalue weighted by molar-refractivity contribution is 0.0754. The van der Waals surface area contributed by atoms with Gasteiger partial charge in [0.1, 0.15) is 0 Å². The minimum absolute atomic E-state index is 0.126. The molecule has 0 saturated carbocycles.